The zero-order valence-corrected chi connectivity index (χ0v) is 10.0. The number of aromatic nitrogens is 1. The fourth-order valence-electron chi connectivity index (χ4n) is 2.03. The number of anilines is 2. The zero-order chi connectivity index (χ0) is 10.8. The summed E-state index contributed by atoms with van der Waals surface area (Å²) < 4.78 is 9.41. The first-order chi connectivity index (χ1) is 7.26. The average molecular weight is 227 g/mol. The first-order valence-corrected chi connectivity index (χ1v) is 6.07. The summed E-state index contributed by atoms with van der Waals surface area (Å²) >= 11 is 1.44. The molecule has 0 bridgehead atoms. The van der Waals surface area contributed by atoms with E-state index in [0.717, 1.165) is 29.8 Å². The van der Waals surface area contributed by atoms with Crippen LogP contribution in [0.1, 0.15) is 19.8 Å². The van der Waals surface area contributed by atoms with Crippen LogP contribution in [0.2, 0.25) is 0 Å². The second kappa shape index (κ2) is 4.26. The minimum atomic E-state index is 0.512. The van der Waals surface area contributed by atoms with Crippen molar-refractivity contribution in [1.29, 1.82) is 0 Å². The van der Waals surface area contributed by atoms with E-state index < -0.39 is 0 Å². The molecule has 0 aliphatic carbocycles. The van der Waals surface area contributed by atoms with Gasteiger partial charge in [-0.05, 0) is 23.9 Å². The number of hydrogen-bond acceptors (Lipinski definition) is 5. The standard InChI is InChI=1S/C10H17N3OS/c1-3-7-4-5-13(6-7)10-8(14-2)9(11)12-15-10/h7H,3-6H2,1-2H3,(H2,11,12). The molecule has 4 nitrogen and oxygen atoms in total. The molecule has 2 rings (SSSR count). The molecule has 1 aromatic heterocycles. The molecule has 1 unspecified atom stereocenters. The molecular weight excluding hydrogens is 210 g/mol. The summed E-state index contributed by atoms with van der Waals surface area (Å²) in [4.78, 5) is 2.33. The Kier molecular flexibility index (Phi) is 3.00. The van der Waals surface area contributed by atoms with E-state index in [9.17, 15) is 0 Å². The Morgan fingerprint density at radius 2 is 2.47 bits per heavy atom. The van der Waals surface area contributed by atoms with Crippen LogP contribution in [0.5, 0.6) is 5.75 Å². The molecule has 1 aromatic rings. The normalized spacial score (nSPS) is 20.9. The maximum Gasteiger partial charge on any atom is 0.197 e. The van der Waals surface area contributed by atoms with Gasteiger partial charge in [0.1, 0.15) is 0 Å². The quantitative estimate of drug-likeness (QED) is 0.857. The van der Waals surface area contributed by atoms with Gasteiger partial charge in [0.25, 0.3) is 0 Å². The Morgan fingerprint density at radius 3 is 3.07 bits per heavy atom. The van der Waals surface area contributed by atoms with E-state index in [4.69, 9.17) is 10.5 Å². The van der Waals surface area contributed by atoms with E-state index in [1.165, 1.54) is 24.4 Å². The zero-order valence-electron chi connectivity index (χ0n) is 9.19. The van der Waals surface area contributed by atoms with Crippen molar-refractivity contribution >= 4 is 22.4 Å². The molecule has 1 atom stereocenters. The van der Waals surface area contributed by atoms with Crippen molar-refractivity contribution in [3.8, 4) is 5.75 Å². The van der Waals surface area contributed by atoms with Gasteiger partial charge in [0.2, 0.25) is 0 Å². The Balaban J connectivity index is 2.16. The number of nitrogens with zero attached hydrogens (tertiary/aromatic N) is 2. The Morgan fingerprint density at radius 1 is 1.67 bits per heavy atom. The molecule has 0 radical (unpaired) electrons. The van der Waals surface area contributed by atoms with Crippen LogP contribution in [0.15, 0.2) is 0 Å². The van der Waals surface area contributed by atoms with E-state index in [0.29, 0.717) is 5.82 Å². The highest BCUT2D eigenvalue weighted by atomic mass is 32.1. The fourth-order valence-corrected chi connectivity index (χ4v) is 2.85. The minimum absolute atomic E-state index is 0.512. The van der Waals surface area contributed by atoms with Crippen LogP contribution >= 0.6 is 11.5 Å². The number of hydrogen-bond donors (Lipinski definition) is 1. The van der Waals surface area contributed by atoms with Gasteiger partial charge in [0.05, 0.1) is 7.11 Å². The van der Waals surface area contributed by atoms with E-state index in [1.807, 2.05) is 0 Å². The number of ether oxygens (including phenoxy) is 1. The molecule has 0 amide bonds. The highest BCUT2D eigenvalue weighted by molar-refractivity contribution is 7.11. The van der Waals surface area contributed by atoms with Gasteiger partial charge >= 0.3 is 0 Å². The first kappa shape index (κ1) is 10.5. The second-order valence-electron chi connectivity index (χ2n) is 3.92. The molecule has 0 spiro atoms. The fraction of sp³-hybridized carbons (Fsp3) is 0.700. The van der Waals surface area contributed by atoms with Gasteiger partial charge in [0.15, 0.2) is 16.6 Å². The van der Waals surface area contributed by atoms with Crippen LogP contribution in [0.25, 0.3) is 0 Å². The number of methoxy groups -OCH3 is 1. The van der Waals surface area contributed by atoms with Crippen molar-refractivity contribution in [1.82, 2.24) is 4.37 Å². The van der Waals surface area contributed by atoms with Gasteiger partial charge in [-0.1, -0.05) is 13.3 Å². The van der Waals surface area contributed by atoms with Crippen molar-refractivity contribution in [2.45, 2.75) is 19.8 Å². The maximum absolute atomic E-state index is 5.73. The summed E-state index contributed by atoms with van der Waals surface area (Å²) in [6.45, 7) is 4.44. The van der Waals surface area contributed by atoms with Gasteiger partial charge in [-0.25, -0.2) is 0 Å². The van der Waals surface area contributed by atoms with E-state index in [1.54, 1.807) is 7.11 Å². The maximum atomic E-state index is 5.73. The predicted octanol–water partition coefficient (Wildman–Crippen LogP) is 1.97. The van der Waals surface area contributed by atoms with Crippen LogP contribution in [-0.2, 0) is 0 Å². The molecule has 84 valence electrons. The van der Waals surface area contributed by atoms with E-state index >= 15 is 0 Å². The lowest BCUT2D eigenvalue weighted by Crippen LogP contribution is -2.18. The van der Waals surface area contributed by atoms with E-state index in [-0.39, 0.29) is 0 Å². The van der Waals surface area contributed by atoms with Crippen LogP contribution in [0.4, 0.5) is 10.8 Å². The third-order valence-electron chi connectivity index (χ3n) is 3.01. The van der Waals surface area contributed by atoms with Crippen molar-refractivity contribution in [3.63, 3.8) is 0 Å². The Hall–Kier alpha value is -0.970. The topological polar surface area (TPSA) is 51.4 Å². The first-order valence-electron chi connectivity index (χ1n) is 5.30. The summed E-state index contributed by atoms with van der Waals surface area (Å²) in [7, 11) is 1.65. The summed E-state index contributed by atoms with van der Waals surface area (Å²) in [5.74, 6) is 2.06. The highest BCUT2D eigenvalue weighted by Gasteiger charge is 2.26. The number of rotatable bonds is 3. The third kappa shape index (κ3) is 1.88. The SMILES string of the molecule is CCC1CCN(c2snc(N)c2OC)C1. The molecule has 5 heteroatoms. The lowest BCUT2D eigenvalue weighted by atomic mass is 10.1. The largest absolute Gasteiger partial charge is 0.490 e. The summed E-state index contributed by atoms with van der Waals surface area (Å²) in [6.07, 6.45) is 2.50. The summed E-state index contributed by atoms with van der Waals surface area (Å²) in [6, 6.07) is 0. The van der Waals surface area contributed by atoms with Crippen LogP contribution in [0, 0.1) is 5.92 Å². The van der Waals surface area contributed by atoms with Crippen molar-refractivity contribution in [2.75, 3.05) is 30.8 Å². The van der Waals surface area contributed by atoms with E-state index in [2.05, 4.69) is 16.2 Å². The lowest BCUT2D eigenvalue weighted by molar-refractivity contribution is 0.418. The minimum Gasteiger partial charge on any atom is -0.490 e. The smallest absolute Gasteiger partial charge is 0.197 e. The molecule has 1 saturated heterocycles. The van der Waals surface area contributed by atoms with Gasteiger partial charge in [-0.15, -0.1) is 0 Å². The molecular formula is C10H17N3OS. The molecule has 2 heterocycles. The highest BCUT2D eigenvalue weighted by Crippen LogP contribution is 2.40. The third-order valence-corrected chi connectivity index (χ3v) is 3.92. The molecule has 2 N–H and O–H groups in total. The number of nitrogens with two attached hydrogens (primary N) is 1. The lowest BCUT2D eigenvalue weighted by Gasteiger charge is -2.16. The van der Waals surface area contributed by atoms with Gasteiger partial charge < -0.3 is 15.4 Å². The van der Waals surface area contributed by atoms with Crippen LogP contribution in [-0.4, -0.2) is 24.6 Å². The second-order valence-corrected chi connectivity index (χ2v) is 4.67. The number of nitrogen functional groups attached to an aromatic ring is 1. The molecule has 1 aliphatic heterocycles. The van der Waals surface area contributed by atoms with Crippen molar-refractivity contribution in [2.24, 2.45) is 5.92 Å². The van der Waals surface area contributed by atoms with Gasteiger partial charge in [-0.3, -0.25) is 0 Å². The molecule has 0 saturated carbocycles. The molecule has 1 fully saturated rings. The van der Waals surface area contributed by atoms with Crippen molar-refractivity contribution < 1.29 is 4.74 Å². The molecule has 0 aromatic carbocycles. The predicted molar refractivity (Wildman–Crippen MR) is 63.7 cm³/mol. The summed E-state index contributed by atoms with van der Waals surface area (Å²) in [5.41, 5.74) is 5.73. The van der Waals surface area contributed by atoms with Gasteiger partial charge in [-0.2, -0.15) is 4.37 Å². The van der Waals surface area contributed by atoms with Crippen molar-refractivity contribution in [3.05, 3.63) is 0 Å². The molecule has 15 heavy (non-hydrogen) atoms. The summed E-state index contributed by atoms with van der Waals surface area (Å²) in [5, 5.41) is 1.09. The van der Waals surface area contributed by atoms with Crippen LogP contribution in [0.3, 0.4) is 0 Å². The average Bonchev–Trinajstić information content (AvgIpc) is 2.83. The molecule has 1 aliphatic rings. The Labute approximate surface area is 94.2 Å². The monoisotopic (exact) mass is 227 g/mol. The van der Waals surface area contributed by atoms with Crippen LogP contribution < -0.4 is 15.4 Å². The Bertz CT molecular complexity index is 339. The van der Waals surface area contributed by atoms with Gasteiger partial charge in [0, 0.05) is 13.1 Å².